The SMILES string of the molecule is C(OCC1CO1)C1CO1.CC(O)C(C)O. The lowest BCUT2D eigenvalue weighted by Gasteiger charge is -2.03. The molecule has 4 unspecified atom stereocenters. The standard InChI is InChI=1S/C6H10O3.C4H10O2/c1(5-3-8-5)7-2-6-4-9-6;1-3(5)4(2)6/h5-6H,1-4H2;3-6H,1-2H3. The smallest absolute Gasteiger partial charge is 0.104 e. The first-order valence-corrected chi connectivity index (χ1v) is 5.26. The van der Waals surface area contributed by atoms with E-state index in [4.69, 9.17) is 24.4 Å². The lowest BCUT2D eigenvalue weighted by atomic mass is 10.3. The summed E-state index contributed by atoms with van der Waals surface area (Å²) < 4.78 is 15.1. The van der Waals surface area contributed by atoms with Gasteiger partial charge < -0.3 is 24.4 Å². The minimum absolute atomic E-state index is 0.392. The van der Waals surface area contributed by atoms with Gasteiger partial charge in [0.05, 0.1) is 38.6 Å². The summed E-state index contributed by atoms with van der Waals surface area (Å²) in [6.07, 6.45) is -0.400. The van der Waals surface area contributed by atoms with Crippen molar-refractivity contribution in [1.29, 1.82) is 0 Å². The van der Waals surface area contributed by atoms with Crippen molar-refractivity contribution in [3.63, 3.8) is 0 Å². The number of epoxide rings is 2. The summed E-state index contributed by atoms with van der Waals surface area (Å²) in [4.78, 5) is 0. The van der Waals surface area contributed by atoms with E-state index >= 15 is 0 Å². The third kappa shape index (κ3) is 7.70. The Morgan fingerprint density at radius 3 is 1.60 bits per heavy atom. The van der Waals surface area contributed by atoms with Crippen LogP contribution in [-0.4, -0.2) is 61.1 Å². The molecule has 0 saturated carbocycles. The number of aliphatic hydroxyl groups excluding tert-OH is 2. The maximum absolute atomic E-state index is 8.38. The maximum atomic E-state index is 8.38. The largest absolute Gasteiger partial charge is 0.391 e. The third-order valence-corrected chi connectivity index (χ3v) is 2.11. The van der Waals surface area contributed by atoms with Crippen LogP contribution in [0, 0.1) is 0 Å². The summed E-state index contributed by atoms with van der Waals surface area (Å²) in [5, 5.41) is 16.8. The molecule has 4 atom stereocenters. The van der Waals surface area contributed by atoms with Crippen LogP contribution in [0.5, 0.6) is 0 Å². The molecule has 0 radical (unpaired) electrons. The molecule has 0 aromatic rings. The Hall–Kier alpha value is -0.200. The summed E-state index contributed by atoms with van der Waals surface area (Å²) in [5.41, 5.74) is 0. The van der Waals surface area contributed by atoms with Crippen LogP contribution < -0.4 is 0 Å². The minimum atomic E-state index is -0.593. The highest BCUT2D eigenvalue weighted by Crippen LogP contribution is 2.12. The average molecular weight is 220 g/mol. The highest BCUT2D eigenvalue weighted by molar-refractivity contribution is 4.71. The van der Waals surface area contributed by atoms with Crippen LogP contribution in [0.3, 0.4) is 0 Å². The van der Waals surface area contributed by atoms with Gasteiger partial charge in [0.15, 0.2) is 0 Å². The molecule has 2 saturated heterocycles. The van der Waals surface area contributed by atoms with Crippen LogP contribution in [-0.2, 0) is 14.2 Å². The van der Waals surface area contributed by atoms with Gasteiger partial charge in [0.25, 0.3) is 0 Å². The van der Waals surface area contributed by atoms with Gasteiger partial charge in [-0.3, -0.25) is 0 Å². The molecule has 0 aliphatic carbocycles. The van der Waals surface area contributed by atoms with Gasteiger partial charge in [-0.2, -0.15) is 0 Å². The Balaban J connectivity index is 0.000000167. The first kappa shape index (κ1) is 12.9. The van der Waals surface area contributed by atoms with Crippen molar-refractivity contribution in [2.24, 2.45) is 0 Å². The molecular formula is C10H20O5. The zero-order chi connectivity index (χ0) is 11.3. The van der Waals surface area contributed by atoms with Gasteiger partial charge >= 0.3 is 0 Å². The first-order valence-electron chi connectivity index (χ1n) is 5.26. The molecule has 2 fully saturated rings. The fourth-order valence-corrected chi connectivity index (χ4v) is 0.659. The maximum Gasteiger partial charge on any atom is 0.104 e. The van der Waals surface area contributed by atoms with Gasteiger partial charge in [0.1, 0.15) is 12.2 Å². The van der Waals surface area contributed by atoms with E-state index in [2.05, 4.69) is 0 Å². The van der Waals surface area contributed by atoms with Crippen LogP contribution in [0.2, 0.25) is 0 Å². The van der Waals surface area contributed by atoms with E-state index in [1.54, 1.807) is 13.8 Å². The second kappa shape index (κ2) is 6.40. The van der Waals surface area contributed by atoms with Gasteiger partial charge in [-0.15, -0.1) is 0 Å². The molecule has 0 aromatic carbocycles. The van der Waals surface area contributed by atoms with Crippen molar-refractivity contribution >= 4 is 0 Å². The van der Waals surface area contributed by atoms with Crippen LogP contribution in [0.1, 0.15) is 13.8 Å². The normalized spacial score (nSPS) is 31.2. The molecule has 2 aliphatic rings. The summed E-state index contributed by atoms with van der Waals surface area (Å²) in [7, 11) is 0. The molecule has 5 nitrogen and oxygen atoms in total. The van der Waals surface area contributed by atoms with Crippen molar-refractivity contribution < 1.29 is 24.4 Å². The van der Waals surface area contributed by atoms with E-state index in [9.17, 15) is 0 Å². The molecule has 90 valence electrons. The zero-order valence-corrected chi connectivity index (χ0v) is 9.26. The van der Waals surface area contributed by atoms with E-state index in [1.165, 1.54) is 0 Å². The van der Waals surface area contributed by atoms with Crippen molar-refractivity contribution in [2.75, 3.05) is 26.4 Å². The topological polar surface area (TPSA) is 74.8 Å². The summed E-state index contributed by atoms with van der Waals surface area (Å²) >= 11 is 0. The molecule has 2 N–H and O–H groups in total. The molecule has 2 rings (SSSR count). The lowest BCUT2D eigenvalue weighted by molar-refractivity contribution is 0.0438. The number of hydrogen-bond donors (Lipinski definition) is 2. The summed E-state index contributed by atoms with van der Waals surface area (Å²) in [6.45, 7) is 6.35. The highest BCUT2D eigenvalue weighted by atomic mass is 16.6. The number of rotatable bonds is 5. The van der Waals surface area contributed by atoms with Crippen LogP contribution >= 0.6 is 0 Å². The second-order valence-corrected chi connectivity index (χ2v) is 3.93. The van der Waals surface area contributed by atoms with Crippen molar-refractivity contribution in [1.82, 2.24) is 0 Å². The van der Waals surface area contributed by atoms with Crippen LogP contribution in [0.25, 0.3) is 0 Å². The Kier molecular flexibility index (Phi) is 5.49. The molecular weight excluding hydrogens is 200 g/mol. The zero-order valence-electron chi connectivity index (χ0n) is 9.26. The van der Waals surface area contributed by atoms with Gasteiger partial charge in [0, 0.05) is 0 Å². The van der Waals surface area contributed by atoms with E-state index in [1.807, 2.05) is 0 Å². The lowest BCUT2D eigenvalue weighted by Crippen LogP contribution is -2.17. The average Bonchev–Trinajstić information content (AvgIpc) is 2.99. The quantitative estimate of drug-likeness (QED) is 0.614. The molecule has 15 heavy (non-hydrogen) atoms. The van der Waals surface area contributed by atoms with Gasteiger partial charge in [-0.05, 0) is 13.8 Å². The van der Waals surface area contributed by atoms with Crippen LogP contribution in [0.15, 0.2) is 0 Å². The van der Waals surface area contributed by atoms with Gasteiger partial charge in [-0.1, -0.05) is 0 Å². The Bertz CT molecular complexity index is 145. The summed E-state index contributed by atoms with van der Waals surface area (Å²) in [6, 6.07) is 0. The number of hydrogen-bond acceptors (Lipinski definition) is 5. The summed E-state index contributed by atoms with van der Waals surface area (Å²) in [5.74, 6) is 0. The second-order valence-electron chi connectivity index (χ2n) is 3.93. The molecule has 0 spiro atoms. The third-order valence-electron chi connectivity index (χ3n) is 2.11. The van der Waals surface area contributed by atoms with Gasteiger partial charge in [0.2, 0.25) is 0 Å². The van der Waals surface area contributed by atoms with E-state index in [-0.39, 0.29) is 0 Å². The molecule has 0 amide bonds. The Labute approximate surface area is 89.9 Å². The van der Waals surface area contributed by atoms with Crippen molar-refractivity contribution in [3.05, 3.63) is 0 Å². The fourth-order valence-electron chi connectivity index (χ4n) is 0.659. The molecule has 2 aliphatic heterocycles. The molecule has 2 heterocycles. The van der Waals surface area contributed by atoms with E-state index < -0.39 is 12.2 Å². The number of aliphatic hydroxyl groups is 2. The molecule has 5 heteroatoms. The Morgan fingerprint density at radius 1 is 1.07 bits per heavy atom. The van der Waals surface area contributed by atoms with Crippen molar-refractivity contribution in [3.8, 4) is 0 Å². The van der Waals surface area contributed by atoms with E-state index in [0.717, 1.165) is 26.4 Å². The molecule has 0 aromatic heterocycles. The fraction of sp³-hybridized carbons (Fsp3) is 1.00. The predicted molar refractivity (Wildman–Crippen MR) is 53.7 cm³/mol. The van der Waals surface area contributed by atoms with Gasteiger partial charge in [-0.25, -0.2) is 0 Å². The minimum Gasteiger partial charge on any atom is -0.391 e. The Morgan fingerprint density at radius 2 is 1.40 bits per heavy atom. The molecule has 0 bridgehead atoms. The van der Waals surface area contributed by atoms with E-state index in [0.29, 0.717) is 12.2 Å². The first-order chi connectivity index (χ1) is 7.09. The van der Waals surface area contributed by atoms with Crippen LogP contribution in [0.4, 0.5) is 0 Å². The van der Waals surface area contributed by atoms with Crippen molar-refractivity contribution in [2.45, 2.75) is 38.3 Å². The highest BCUT2D eigenvalue weighted by Gasteiger charge is 2.26. The predicted octanol–water partition coefficient (Wildman–Crippen LogP) is -0.451. The number of ether oxygens (including phenoxy) is 3. The monoisotopic (exact) mass is 220 g/mol.